The van der Waals surface area contributed by atoms with Crippen LogP contribution in [-0.4, -0.2) is 25.7 Å². The number of benzene rings is 1. The van der Waals surface area contributed by atoms with E-state index in [-0.39, 0.29) is 18.1 Å². The number of ether oxygens (including phenoxy) is 2. The Bertz CT molecular complexity index is 396. The van der Waals surface area contributed by atoms with Crippen molar-refractivity contribution in [2.75, 3.05) is 13.7 Å². The van der Waals surface area contributed by atoms with Crippen molar-refractivity contribution in [2.45, 2.75) is 31.9 Å². The number of rotatable bonds is 4. The number of hydrogen-bond donors (Lipinski definition) is 1. The topological polar surface area (TPSA) is 47.6 Å². The lowest BCUT2D eigenvalue weighted by Gasteiger charge is -2.17. The Hall–Kier alpha value is -1.55. The minimum Gasteiger partial charge on any atom is -0.497 e. The van der Waals surface area contributed by atoms with Gasteiger partial charge in [0.25, 0.3) is 0 Å². The molecule has 4 nitrogen and oxygen atoms in total. The van der Waals surface area contributed by atoms with Crippen LogP contribution in [0, 0.1) is 0 Å². The summed E-state index contributed by atoms with van der Waals surface area (Å²) in [6, 6.07) is 7.68. The highest BCUT2D eigenvalue weighted by Gasteiger charge is 2.24. The van der Waals surface area contributed by atoms with Crippen molar-refractivity contribution in [2.24, 2.45) is 0 Å². The van der Waals surface area contributed by atoms with Gasteiger partial charge in [0.05, 0.1) is 13.2 Å². The van der Waals surface area contributed by atoms with Gasteiger partial charge in [0.1, 0.15) is 11.9 Å². The van der Waals surface area contributed by atoms with E-state index in [1.807, 2.05) is 31.2 Å². The van der Waals surface area contributed by atoms with Crippen LogP contribution >= 0.6 is 0 Å². The summed E-state index contributed by atoms with van der Waals surface area (Å²) < 4.78 is 10.5. The fourth-order valence-corrected chi connectivity index (χ4v) is 2.07. The van der Waals surface area contributed by atoms with Gasteiger partial charge in [0.2, 0.25) is 5.91 Å². The summed E-state index contributed by atoms with van der Waals surface area (Å²) in [5.41, 5.74) is 1.06. The molecule has 1 aromatic carbocycles. The van der Waals surface area contributed by atoms with Gasteiger partial charge in [-0.15, -0.1) is 0 Å². The molecule has 1 aromatic rings. The van der Waals surface area contributed by atoms with Crippen molar-refractivity contribution in [1.82, 2.24) is 5.32 Å². The van der Waals surface area contributed by atoms with E-state index in [1.165, 1.54) is 0 Å². The van der Waals surface area contributed by atoms with Crippen LogP contribution in [-0.2, 0) is 9.53 Å². The number of hydrogen-bond acceptors (Lipinski definition) is 3. The maximum atomic E-state index is 11.9. The van der Waals surface area contributed by atoms with Gasteiger partial charge in [-0.25, -0.2) is 0 Å². The second-order valence-electron chi connectivity index (χ2n) is 4.51. The first-order valence-electron chi connectivity index (χ1n) is 6.26. The molecular formula is C14H19NO3. The van der Waals surface area contributed by atoms with E-state index in [0.29, 0.717) is 6.61 Å². The first kappa shape index (κ1) is 12.9. The van der Waals surface area contributed by atoms with Crippen molar-refractivity contribution < 1.29 is 14.3 Å². The van der Waals surface area contributed by atoms with E-state index < -0.39 is 0 Å². The minimum atomic E-state index is -0.273. The molecule has 98 valence electrons. The quantitative estimate of drug-likeness (QED) is 0.888. The highest BCUT2D eigenvalue weighted by molar-refractivity contribution is 5.81. The first-order chi connectivity index (χ1) is 8.70. The second kappa shape index (κ2) is 5.87. The van der Waals surface area contributed by atoms with Gasteiger partial charge in [0, 0.05) is 6.61 Å². The Morgan fingerprint density at radius 2 is 2.17 bits per heavy atom. The van der Waals surface area contributed by atoms with E-state index in [2.05, 4.69) is 5.32 Å². The van der Waals surface area contributed by atoms with Crippen molar-refractivity contribution in [1.29, 1.82) is 0 Å². The van der Waals surface area contributed by atoms with Crippen LogP contribution < -0.4 is 10.1 Å². The Kier molecular flexibility index (Phi) is 4.20. The number of nitrogens with one attached hydrogen (secondary N) is 1. The molecule has 0 bridgehead atoms. The Morgan fingerprint density at radius 3 is 2.72 bits per heavy atom. The Morgan fingerprint density at radius 1 is 1.44 bits per heavy atom. The molecule has 0 saturated carbocycles. The van der Waals surface area contributed by atoms with E-state index in [9.17, 15) is 4.79 Å². The average molecular weight is 249 g/mol. The maximum Gasteiger partial charge on any atom is 0.249 e. The smallest absolute Gasteiger partial charge is 0.249 e. The number of amides is 1. The summed E-state index contributed by atoms with van der Waals surface area (Å²) in [6.07, 6.45) is 1.52. The van der Waals surface area contributed by atoms with E-state index in [4.69, 9.17) is 9.47 Å². The van der Waals surface area contributed by atoms with Gasteiger partial charge >= 0.3 is 0 Å². The normalized spacial score (nSPS) is 20.4. The standard InChI is InChI=1S/C14H19NO3/c1-10(11-5-7-12(17-2)8-6-11)15-14(16)13-4-3-9-18-13/h5-8,10,13H,3-4,9H2,1-2H3,(H,15,16)/t10-,13+/m1/s1. The molecule has 1 saturated heterocycles. The van der Waals surface area contributed by atoms with Crippen LogP contribution in [0.4, 0.5) is 0 Å². The summed E-state index contributed by atoms with van der Waals surface area (Å²) in [5, 5.41) is 2.97. The summed E-state index contributed by atoms with van der Waals surface area (Å²) in [5.74, 6) is 0.798. The van der Waals surface area contributed by atoms with E-state index in [0.717, 1.165) is 24.2 Å². The van der Waals surface area contributed by atoms with Gasteiger partial charge in [-0.2, -0.15) is 0 Å². The third-order valence-electron chi connectivity index (χ3n) is 3.20. The lowest BCUT2D eigenvalue weighted by Crippen LogP contribution is -2.35. The van der Waals surface area contributed by atoms with Crippen LogP contribution in [0.25, 0.3) is 0 Å². The lowest BCUT2D eigenvalue weighted by atomic mass is 10.1. The zero-order valence-corrected chi connectivity index (χ0v) is 10.8. The molecule has 1 fully saturated rings. The monoisotopic (exact) mass is 249 g/mol. The van der Waals surface area contributed by atoms with Crippen LogP contribution in [0.5, 0.6) is 5.75 Å². The second-order valence-corrected chi connectivity index (χ2v) is 4.51. The average Bonchev–Trinajstić information content (AvgIpc) is 2.92. The van der Waals surface area contributed by atoms with Crippen molar-refractivity contribution in [3.63, 3.8) is 0 Å². The largest absolute Gasteiger partial charge is 0.497 e. The molecule has 0 aromatic heterocycles. The highest BCUT2D eigenvalue weighted by atomic mass is 16.5. The summed E-state index contributed by atoms with van der Waals surface area (Å²) in [7, 11) is 1.64. The summed E-state index contributed by atoms with van der Waals surface area (Å²) in [4.78, 5) is 11.9. The van der Waals surface area contributed by atoms with Gasteiger partial charge in [-0.05, 0) is 37.5 Å². The summed E-state index contributed by atoms with van der Waals surface area (Å²) >= 11 is 0. The number of methoxy groups -OCH3 is 1. The predicted octanol–water partition coefficient (Wildman–Crippen LogP) is 2.05. The van der Waals surface area contributed by atoms with Gasteiger partial charge in [-0.1, -0.05) is 12.1 Å². The van der Waals surface area contributed by atoms with Crippen LogP contribution in [0.1, 0.15) is 31.4 Å². The SMILES string of the molecule is COc1ccc([C@@H](C)NC(=O)[C@@H]2CCCO2)cc1. The number of carbonyl (C=O) groups excluding carboxylic acids is 1. The number of carbonyl (C=O) groups is 1. The lowest BCUT2D eigenvalue weighted by molar-refractivity contribution is -0.130. The third-order valence-corrected chi connectivity index (χ3v) is 3.20. The molecule has 2 atom stereocenters. The zero-order chi connectivity index (χ0) is 13.0. The summed E-state index contributed by atoms with van der Waals surface area (Å²) in [6.45, 7) is 2.66. The van der Waals surface area contributed by atoms with Crippen LogP contribution in [0.3, 0.4) is 0 Å². The van der Waals surface area contributed by atoms with Crippen LogP contribution in [0.2, 0.25) is 0 Å². The van der Waals surface area contributed by atoms with E-state index >= 15 is 0 Å². The maximum absolute atomic E-state index is 11.9. The van der Waals surface area contributed by atoms with Gasteiger partial charge in [-0.3, -0.25) is 4.79 Å². The Labute approximate surface area is 107 Å². The molecule has 1 heterocycles. The Balaban J connectivity index is 1.93. The molecule has 0 radical (unpaired) electrons. The highest BCUT2D eigenvalue weighted by Crippen LogP contribution is 2.18. The molecule has 1 aliphatic heterocycles. The molecular weight excluding hydrogens is 230 g/mol. The molecule has 1 amide bonds. The minimum absolute atomic E-state index is 0.0178. The van der Waals surface area contributed by atoms with Crippen LogP contribution in [0.15, 0.2) is 24.3 Å². The molecule has 0 unspecified atom stereocenters. The molecule has 2 rings (SSSR count). The molecule has 0 spiro atoms. The van der Waals surface area contributed by atoms with Gasteiger partial charge < -0.3 is 14.8 Å². The molecule has 18 heavy (non-hydrogen) atoms. The van der Waals surface area contributed by atoms with Crippen molar-refractivity contribution in [3.8, 4) is 5.75 Å². The van der Waals surface area contributed by atoms with Crippen molar-refractivity contribution >= 4 is 5.91 Å². The first-order valence-corrected chi connectivity index (χ1v) is 6.26. The van der Waals surface area contributed by atoms with E-state index in [1.54, 1.807) is 7.11 Å². The van der Waals surface area contributed by atoms with Crippen molar-refractivity contribution in [3.05, 3.63) is 29.8 Å². The fraction of sp³-hybridized carbons (Fsp3) is 0.500. The molecule has 1 aliphatic rings. The molecule has 4 heteroatoms. The fourth-order valence-electron chi connectivity index (χ4n) is 2.07. The predicted molar refractivity (Wildman–Crippen MR) is 68.5 cm³/mol. The zero-order valence-electron chi connectivity index (χ0n) is 10.8. The van der Waals surface area contributed by atoms with Gasteiger partial charge in [0.15, 0.2) is 0 Å². The molecule has 0 aliphatic carbocycles. The molecule has 1 N–H and O–H groups in total. The third kappa shape index (κ3) is 3.01.